The van der Waals surface area contributed by atoms with E-state index in [-0.39, 0.29) is 11.8 Å². The first-order valence-corrected chi connectivity index (χ1v) is 6.99. The zero-order valence-corrected chi connectivity index (χ0v) is 13.1. The maximum Gasteiger partial charge on any atom is 0.251 e. The number of aryl methyl sites for hydroxylation is 3. The van der Waals surface area contributed by atoms with Gasteiger partial charge < -0.3 is 15.2 Å². The van der Waals surface area contributed by atoms with Crippen molar-refractivity contribution in [3.8, 4) is 0 Å². The topological polar surface area (TPSA) is 84.2 Å². The summed E-state index contributed by atoms with van der Waals surface area (Å²) in [4.78, 5) is 24.2. The fourth-order valence-electron chi connectivity index (χ4n) is 1.89. The largest absolute Gasteiger partial charge is 0.360 e. The highest BCUT2D eigenvalue weighted by Gasteiger charge is 2.18. The average molecular weight is 301 g/mol. The lowest BCUT2D eigenvalue weighted by molar-refractivity contribution is -0.117. The first kappa shape index (κ1) is 15.8. The molecule has 2 rings (SSSR count). The van der Waals surface area contributed by atoms with E-state index in [2.05, 4.69) is 15.8 Å². The minimum atomic E-state index is -0.689. The van der Waals surface area contributed by atoms with Gasteiger partial charge in [-0.05, 0) is 51.0 Å². The Morgan fingerprint density at radius 1 is 1.14 bits per heavy atom. The summed E-state index contributed by atoms with van der Waals surface area (Å²) < 4.78 is 4.87. The second-order valence-electron chi connectivity index (χ2n) is 5.31. The van der Waals surface area contributed by atoms with Crippen molar-refractivity contribution in [1.29, 1.82) is 0 Å². The normalized spacial score (nSPS) is 11.8. The molecule has 1 aromatic carbocycles. The van der Waals surface area contributed by atoms with Crippen LogP contribution in [-0.2, 0) is 4.79 Å². The molecule has 6 nitrogen and oxygen atoms in total. The van der Waals surface area contributed by atoms with Gasteiger partial charge in [-0.1, -0.05) is 11.2 Å². The highest BCUT2D eigenvalue weighted by Crippen LogP contribution is 2.10. The number of hydrogen-bond acceptors (Lipinski definition) is 4. The molecule has 0 spiro atoms. The SMILES string of the molecule is Cc1cc(NC(=O)[C@H](C)NC(=O)c2ccc(C)c(C)c2)no1. The van der Waals surface area contributed by atoms with Crippen molar-refractivity contribution >= 4 is 17.6 Å². The molecule has 116 valence electrons. The van der Waals surface area contributed by atoms with Crippen molar-refractivity contribution in [3.63, 3.8) is 0 Å². The Bertz CT molecular complexity index is 706. The van der Waals surface area contributed by atoms with E-state index in [9.17, 15) is 9.59 Å². The fourth-order valence-corrected chi connectivity index (χ4v) is 1.89. The van der Waals surface area contributed by atoms with E-state index in [1.165, 1.54) is 0 Å². The van der Waals surface area contributed by atoms with Gasteiger partial charge in [0.15, 0.2) is 5.82 Å². The molecule has 0 aliphatic carbocycles. The summed E-state index contributed by atoms with van der Waals surface area (Å²) in [5.74, 6) is 0.282. The number of hydrogen-bond donors (Lipinski definition) is 2. The summed E-state index contributed by atoms with van der Waals surface area (Å²) in [6.07, 6.45) is 0. The Morgan fingerprint density at radius 3 is 2.45 bits per heavy atom. The van der Waals surface area contributed by atoms with Crippen molar-refractivity contribution in [2.75, 3.05) is 5.32 Å². The van der Waals surface area contributed by atoms with Crippen LogP contribution in [0.2, 0.25) is 0 Å². The van der Waals surface area contributed by atoms with Crippen LogP contribution in [0.3, 0.4) is 0 Å². The highest BCUT2D eigenvalue weighted by molar-refractivity contribution is 6.00. The molecule has 0 fully saturated rings. The maximum atomic E-state index is 12.2. The monoisotopic (exact) mass is 301 g/mol. The Morgan fingerprint density at radius 2 is 1.86 bits per heavy atom. The van der Waals surface area contributed by atoms with Crippen LogP contribution in [0.25, 0.3) is 0 Å². The van der Waals surface area contributed by atoms with Gasteiger partial charge in [-0.25, -0.2) is 0 Å². The second-order valence-corrected chi connectivity index (χ2v) is 5.31. The number of aromatic nitrogens is 1. The van der Waals surface area contributed by atoms with E-state index in [0.29, 0.717) is 17.1 Å². The van der Waals surface area contributed by atoms with Crippen LogP contribution >= 0.6 is 0 Å². The molecule has 0 aliphatic rings. The van der Waals surface area contributed by atoms with Gasteiger partial charge in [0.05, 0.1) is 0 Å². The summed E-state index contributed by atoms with van der Waals surface area (Å²) in [5.41, 5.74) is 2.67. The molecule has 0 bridgehead atoms. The lowest BCUT2D eigenvalue weighted by Crippen LogP contribution is -2.41. The molecule has 22 heavy (non-hydrogen) atoms. The molecular formula is C16H19N3O3. The lowest BCUT2D eigenvalue weighted by atomic mass is 10.1. The molecule has 2 N–H and O–H groups in total. The van der Waals surface area contributed by atoms with Crippen molar-refractivity contribution in [2.24, 2.45) is 0 Å². The van der Waals surface area contributed by atoms with Gasteiger partial charge >= 0.3 is 0 Å². The third-order valence-electron chi connectivity index (χ3n) is 3.39. The Hall–Kier alpha value is -2.63. The standard InChI is InChI=1S/C16H19N3O3/c1-9-5-6-13(7-10(9)2)16(21)17-12(4)15(20)18-14-8-11(3)22-19-14/h5-8,12H,1-4H3,(H,17,21)(H,18,19,20)/t12-/m0/s1. The molecular weight excluding hydrogens is 282 g/mol. The van der Waals surface area contributed by atoms with Gasteiger partial charge in [-0.2, -0.15) is 0 Å². The first-order chi connectivity index (χ1) is 10.4. The van der Waals surface area contributed by atoms with E-state index in [1.54, 1.807) is 32.0 Å². The smallest absolute Gasteiger partial charge is 0.251 e. The number of benzene rings is 1. The molecule has 0 aliphatic heterocycles. The number of rotatable bonds is 4. The zero-order valence-electron chi connectivity index (χ0n) is 13.1. The molecule has 1 atom stereocenters. The molecule has 2 aromatic rings. The van der Waals surface area contributed by atoms with Crippen LogP contribution in [0.15, 0.2) is 28.8 Å². The summed E-state index contributed by atoms with van der Waals surface area (Å²) in [6, 6.07) is 6.34. The molecule has 0 saturated heterocycles. The van der Waals surface area contributed by atoms with Gasteiger partial charge in [-0.3, -0.25) is 9.59 Å². The maximum absolute atomic E-state index is 12.2. The number of carbonyl (C=O) groups excluding carboxylic acids is 2. The zero-order chi connectivity index (χ0) is 16.3. The van der Waals surface area contributed by atoms with Crippen LogP contribution in [0.1, 0.15) is 34.2 Å². The minimum Gasteiger partial charge on any atom is -0.360 e. The van der Waals surface area contributed by atoms with Crippen molar-refractivity contribution in [1.82, 2.24) is 10.5 Å². The number of carbonyl (C=O) groups is 2. The summed E-state index contributed by atoms with van der Waals surface area (Å²) in [5, 5.41) is 8.92. The van der Waals surface area contributed by atoms with E-state index in [0.717, 1.165) is 11.1 Å². The van der Waals surface area contributed by atoms with Crippen LogP contribution < -0.4 is 10.6 Å². The molecule has 0 saturated carbocycles. The summed E-state index contributed by atoms with van der Waals surface area (Å²) in [7, 11) is 0. The summed E-state index contributed by atoms with van der Waals surface area (Å²) in [6.45, 7) is 7.26. The van der Waals surface area contributed by atoms with E-state index < -0.39 is 6.04 Å². The van der Waals surface area contributed by atoms with Crippen LogP contribution in [0.5, 0.6) is 0 Å². The van der Waals surface area contributed by atoms with Crippen LogP contribution in [0.4, 0.5) is 5.82 Å². The van der Waals surface area contributed by atoms with E-state index in [4.69, 9.17) is 4.52 Å². The Balaban J connectivity index is 1.98. The van der Waals surface area contributed by atoms with Crippen LogP contribution in [0, 0.1) is 20.8 Å². The number of nitrogens with one attached hydrogen (secondary N) is 2. The third kappa shape index (κ3) is 3.72. The average Bonchev–Trinajstić information content (AvgIpc) is 2.86. The first-order valence-electron chi connectivity index (χ1n) is 6.99. The van der Waals surface area contributed by atoms with Gasteiger partial charge in [-0.15, -0.1) is 0 Å². The Labute approximate surface area is 128 Å². The third-order valence-corrected chi connectivity index (χ3v) is 3.39. The van der Waals surface area contributed by atoms with Crippen molar-refractivity contribution in [3.05, 3.63) is 46.7 Å². The van der Waals surface area contributed by atoms with Gasteiger partial charge in [0, 0.05) is 11.6 Å². The van der Waals surface area contributed by atoms with Gasteiger partial charge in [0.2, 0.25) is 5.91 Å². The van der Waals surface area contributed by atoms with Crippen LogP contribution in [-0.4, -0.2) is 23.0 Å². The van der Waals surface area contributed by atoms with Gasteiger partial charge in [0.1, 0.15) is 11.8 Å². The number of nitrogens with zero attached hydrogens (tertiary/aromatic N) is 1. The van der Waals surface area contributed by atoms with E-state index in [1.807, 2.05) is 19.9 Å². The van der Waals surface area contributed by atoms with E-state index >= 15 is 0 Å². The van der Waals surface area contributed by atoms with Crippen molar-refractivity contribution in [2.45, 2.75) is 33.7 Å². The quantitative estimate of drug-likeness (QED) is 0.908. The predicted octanol–water partition coefficient (Wildman–Crippen LogP) is 2.36. The fraction of sp³-hybridized carbons (Fsp3) is 0.312. The molecule has 1 aromatic heterocycles. The molecule has 0 radical (unpaired) electrons. The Kier molecular flexibility index (Phi) is 4.60. The minimum absolute atomic E-state index is 0.290. The number of anilines is 1. The summed E-state index contributed by atoms with van der Waals surface area (Å²) >= 11 is 0. The second kappa shape index (κ2) is 6.43. The molecule has 1 heterocycles. The van der Waals surface area contributed by atoms with Crippen molar-refractivity contribution < 1.29 is 14.1 Å². The molecule has 6 heteroatoms. The van der Waals surface area contributed by atoms with Gasteiger partial charge in [0.25, 0.3) is 5.91 Å². The lowest BCUT2D eigenvalue weighted by Gasteiger charge is -2.13. The molecule has 2 amide bonds. The predicted molar refractivity (Wildman–Crippen MR) is 82.7 cm³/mol. The number of amides is 2. The molecule has 0 unspecified atom stereocenters. The highest BCUT2D eigenvalue weighted by atomic mass is 16.5.